The number of ether oxygens (including phenoxy) is 1. The van der Waals surface area contributed by atoms with Crippen LogP contribution < -0.4 is 15.4 Å². The van der Waals surface area contributed by atoms with Crippen LogP contribution in [0.1, 0.15) is 5.56 Å². The summed E-state index contributed by atoms with van der Waals surface area (Å²) >= 11 is 0. The van der Waals surface area contributed by atoms with Gasteiger partial charge in [-0.25, -0.2) is 0 Å². The number of nitrogens with one attached hydrogen (secondary N) is 2. The van der Waals surface area contributed by atoms with Crippen LogP contribution in [0.25, 0.3) is 0 Å². The number of benzene rings is 1. The first kappa shape index (κ1) is 14.1. The third-order valence-corrected chi connectivity index (χ3v) is 2.67. The summed E-state index contributed by atoms with van der Waals surface area (Å²) in [6.45, 7) is 0.766. The fourth-order valence-electron chi connectivity index (χ4n) is 1.86. The van der Waals surface area contributed by atoms with Gasteiger partial charge in [0.25, 0.3) is 0 Å². The van der Waals surface area contributed by atoms with E-state index in [2.05, 4.69) is 21.7 Å². The van der Waals surface area contributed by atoms with Crippen molar-refractivity contribution in [3.05, 3.63) is 29.8 Å². The van der Waals surface area contributed by atoms with Crippen molar-refractivity contribution in [3.8, 4) is 5.75 Å². The number of hydrogen-bond donors (Lipinski definition) is 2. The third kappa shape index (κ3) is 3.49. The minimum Gasteiger partial charge on any atom is -0.488 e. The van der Waals surface area contributed by atoms with Crippen LogP contribution in [-0.4, -0.2) is 32.7 Å². The Labute approximate surface area is 119 Å². The quantitative estimate of drug-likeness (QED) is 0.483. The summed E-state index contributed by atoms with van der Waals surface area (Å²) in [4.78, 5) is 4.06. The molecule has 1 aromatic rings. The number of hydrogen-bond acceptors (Lipinski definition) is 2. The fourth-order valence-corrected chi connectivity index (χ4v) is 1.86. The van der Waals surface area contributed by atoms with Crippen molar-refractivity contribution in [1.29, 1.82) is 0 Å². The topological polar surface area (TPSA) is 45.7 Å². The summed E-state index contributed by atoms with van der Waals surface area (Å²) in [7, 11) is 3.60. The molecule has 2 N–H and O–H groups in total. The van der Waals surface area contributed by atoms with E-state index in [0.717, 1.165) is 24.7 Å². The second-order valence-corrected chi connectivity index (χ2v) is 3.75. The van der Waals surface area contributed by atoms with E-state index in [1.165, 1.54) is 5.56 Å². The Kier molecular flexibility index (Phi) is 5.54. The zero-order chi connectivity index (χ0) is 11.4. The van der Waals surface area contributed by atoms with E-state index in [1.54, 1.807) is 7.05 Å². The Morgan fingerprint density at radius 1 is 1.47 bits per heavy atom. The molecule has 0 spiro atoms. The van der Waals surface area contributed by atoms with Crippen molar-refractivity contribution >= 4 is 29.9 Å². The van der Waals surface area contributed by atoms with E-state index in [1.807, 2.05) is 25.2 Å². The maximum absolute atomic E-state index is 5.80. The van der Waals surface area contributed by atoms with Gasteiger partial charge in [-0.2, -0.15) is 0 Å². The highest BCUT2D eigenvalue weighted by Gasteiger charge is 2.21. The van der Waals surface area contributed by atoms with E-state index >= 15 is 0 Å². The molecule has 0 radical (unpaired) electrons. The van der Waals surface area contributed by atoms with E-state index in [4.69, 9.17) is 4.74 Å². The molecule has 1 aliphatic heterocycles. The molecule has 0 saturated heterocycles. The minimum atomic E-state index is 0. The molecule has 0 fully saturated rings. The number of nitrogens with zero attached hydrogens (tertiary/aromatic N) is 1. The molecule has 1 unspecified atom stereocenters. The summed E-state index contributed by atoms with van der Waals surface area (Å²) in [5.41, 5.74) is 1.29. The molecule has 17 heavy (non-hydrogen) atoms. The summed E-state index contributed by atoms with van der Waals surface area (Å²) in [6.07, 6.45) is 1.16. The van der Waals surface area contributed by atoms with Gasteiger partial charge in [-0.15, -0.1) is 24.0 Å². The van der Waals surface area contributed by atoms with Crippen LogP contribution in [0.5, 0.6) is 5.75 Å². The van der Waals surface area contributed by atoms with E-state index in [-0.39, 0.29) is 30.1 Å². The molecule has 0 bridgehead atoms. The molecular weight excluding hydrogens is 329 g/mol. The molecule has 0 aromatic heterocycles. The van der Waals surface area contributed by atoms with Crippen molar-refractivity contribution in [2.24, 2.45) is 4.99 Å². The highest BCUT2D eigenvalue weighted by atomic mass is 127. The molecule has 0 aliphatic carbocycles. The molecule has 4 nitrogen and oxygen atoms in total. The first-order chi connectivity index (χ1) is 7.83. The molecule has 1 atom stereocenters. The molecule has 1 heterocycles. The lowest BCUT2D eigenvalue weighted by molar-refractivity contribution is 0.235. The van der Waals surface area contributed by atoms with Gasteiger partial charge in [-0.05, 0) is 11.6 Å². The molecule has 2 rings (SSSR count). The first-order valence-corrected chi connectivity index (χ1v) is 5.46. The van der Waals surface area contributed by atoms with Gasteiger partial charge in [0.2, 0.25) is 0 Å². The van der Waals surface area contributed by atoms with E-state index < -0.39 is 0 Å². The normalized spacial score (nSPS) is 17.8. The van der Waals surface area contributed by atoms with Gasteiger partial charge in [0.05, 0.1) is 6.54 Å². The first-order valence-electron chi connectivity index (χ1n) is 5.46. The zero-order valence-corrected chi connectivity index (χ0v) is 12.4. The Morgan fingerprint density at radius 3 is 2.88 bits per heavy atom. The Hall–Kier alpha value is -0.980. The smallest absolute Gasteiger partial charge is 0.190 e. The van der Waals surface area contributed by atoms with Crippen molar-refractivity contribution < 1.29 is 4.74 Å². The molecular formula is C12H18IN3O. The van der Waals surface area contributed by atoms with Gasteiger partial charge < -0.3 is 15.4 Å². The Bertz CT molecular complexity index is 370. The summed E-state index contributed by atoms with van der Waals surface area (Å²) < 4.78 is 5.80. The van der Waals surface area contributed by atoms with Crippen LogP contribution in [0.15, 0.2) is 29.3 Å². The lowest BCUT2D eigenvalue weighted by Gasteiger charge is -2.13. The maximum Gasteiger partial charge on any atom is 0.190 e. The van der Waals surface area contributed by atoms with Crippen LogP contribution in [0.4, 0.5) is 0 Å². The van der Waals surface area contributed by atoms with Crippen LogP contribution in [0, 0.1) is 0 Å². The van der Waals surface area contributed by atoms with Gasteiger partial charge >= 0.3 is 0 Å². The van der Waals surface area contributed by atoms with Crippen molar-refractivity contribution in [3.63, 3.8) is 0 Å². The van der Waals surface area contributed by atoms with Crippen molar-refractivity contribution in [2.75, 3.05) is 20.6 Å². The number of guanidine groups is 1. The second-order valence-electron chi connectivity index (χ2n) is 3.75. The lowest BCUT2D eigenvalue weighted by Crippen LogP contribution is -2.40. The molecule has 0 saturated carbocycles. The van der Waals surface area contributed by atoms with Gasteiger partial charge in [0, 0.05) is 20.5 Å². The number of fused-ring (bicyclic) bond motifs is 1. The Balaban J connectivity index is 0.00000144. The van der Waals surface area contributed by atoms with Crippen LogP contribution >= 0.6 is 24.0 Å². The lowest BCUT2D eigenvalue weighted by atomic mass is 10.1. The van der Waals surface area contributed by atoms with E-state index in [9.17, 15) is 0 Å². The summed E-state index contributed by atoms with van der Waals surface area (Å²) in [5, 5.41) is 6.19. The molecule has 1 aromatic carbocycles. The highest BCUT2D eigenvalue weighted by molar-refractivity contribution is 14.0. The molecule has 5 heteroatoms. The molecule has 94 valence electrons. The zero-order valence-electron chi connectivity index (χ0n) is 10.1. The van der Waals surface area contributed by atoms with Crippen LogP contribution in [0.2, 0.25) is 0 Å². The minimum absolute atomic E-state index is 0. The van der Waals surface area contributed by atoms with Gasteiger partial charge in [0.1, 0.15) is 11.9 Å². The fraction of sp³-hybridized carbons (Fsp3) is 0.417. The number of rotatable bonds is 2. The molecule has 0 amide bonds. The predicted molar refractivity (Wildman–Crippen MR) is 80.4 cm³/mol. The predicted octanol–water partition coefficient (Wildman–Crippen LogP) is 1.40. The van der Waals surface area contributed by atoms with Crippen LogP contribution in [0.3, 0.4) is 0 Å². The number of halogens is 1. The highest BCUT2D eigenvalue weighted by Crippen LogP contribution is 2.27. The van der Waals surface area contributed by atoms with Gasteiger partial charge in [-0.1, -0.05) is 18.2 Å². The van der Waals surface area contributed by atoms with Crippen molar-refractivity contribution in [1.82, 2.24) is 10.6 Å². The maximum atomic E-state index is 5.80. The average Bonchev–Trinajstić information content (AvgIpc) is 2.73. The van der Waals surface area contributed by atoms with Gasteiger partial charge in [-0.3, -0.25) is 4.99 Å². The number of aliphatic imine (C=N–C) groups is 1. The van der Waals surface area contributed by atoms with Crippen LogP contribution in [-0.2, 0) is 6.42 Å². The standard InChI is InChI=1S/C12H17N3O.HI/c1-13-12(14-2)15-8-10-7-9-5-3-4-6-11(9)16-10;/h3-6,10H,7-8H2,1-2H3,(H2,13,14,15);1H. The summed E-state index contributed by atoms with van der Waals surface area (Å²) in [5.74, 6) is 1.80. The Morgan fingerprint density at radius 2 is 2.24 bits per heavy atom. The SMILES string of the molecule is CN=C(NC)NCC1Cc2ccccc2O1.I. The van der Waals surface area contributed by atoms with Crippen molar-refractivity contribution in [2.45, 2.75) is 12.5 Å². The second kappa shape index (κ2) is 6.68. The number of para-hydroxylation sites is 1. The monoisotopic (exact) mass is 347 g/mol. The van der Waals surface area contributed by atoms with E-state index in [0.29, 0.717) is 0 Å². The third-order valence-electron chi connectivity index (χ3n) is 2.67. The average molecular weight is 347 g/mol. The molecule has 1 aliphatic rings. The summed E-state index contributed by atoms with van der Waals surface area (Å²) in [6, 6.07) is 8.18. The largest absolute Gasteiger partial charge is 0.488 e. The van der Waals surface area contributed by atoms with Gasteiger partial charge in [0.15, 0.2) is 5.96 Å².